The number of phenolic OH excluding ortho intramolecular Hbond substituents is 1. The number of hydrazine groups is 1. The summed E-state index contributed by atoms with van der Waals surface area (Å²) in [6.45, 7) is 1.99. The molecule has 0 saturated carbocycles. The highest BCUT2D eigenvalue weighted by Gasteiger charge is 2.33. The van der Waals surface area contributed by atoms with Gasteiger partial charge in [0.05, 0.1) is 4.91 Å². The van der Waals surface area contributed by atoms with Crippen LogP contribution in [0.3, 0.4) is 0 Å². The molecule has 25 heavy (non-hydrogen) atoms. The van der Waals surface area contributed by atoms with Crippen LogP contribution in [0, 0.1) is 6.92 Å². The van der Waals surface area contributed by atoms with Crippen molar-refractivity contribution in [1.82, 2.24) is 10.4 Å². The standard InChI is InChI=1S/C18H14N2O3S2/c1-11-2-4-12(5-3-11)10-15-17(23)20(18(24)25-15)19-16(22)13-6-8-14(21)9-7-13/h2-10,21H,1H3,(H,19,22)/b15-10-. The van der Waals surface area contributed by atoms with Crippen LogP contribution >= 0.6 is 24.0 Å². The number of nitrogens with zero attached hydrogens (tertiary/aromatic N) is 1. The lowest BCUT2D eigenvalue weighted by atomic mass is 10.1. The third kappa shape index (κ3) is 3.89. The molecule has 0 radical (unpaired) electrons. The molecule has 5 nitrogen and oxygen atoms in total. The van der Waals surface area contributed by atoms with Gasteiger partial charge in [0.15, 0.2) is 4.32 Å². The molecular weight excluding hydrogens is 356 g/mol. The Hall–Kier alpha value is -2.64. The predicted octanol–water partition coefficient (Wildman–Crippen LogP) is 3.25. The van der Waals surface area contributed by atoms with E-state index >= 15 is 0 Å². The molecule has 1 saturated heterocycles. The molecular formula is C18H14N2O3S2. The van der Waals surface area contributed by atoms with Crippen LogP contribution in [-0.4, -0.2) is 26.3 Å². The van der Waals surface area contributed by atoms with Crippen LogP contribution in [0.25, 0.3) is 6.08 Å². The highest BCUT2D eigenvalue weighted by Crippen LogP contribution is 2.31. The normalized spacial score (nSPS) is 15.7. The van der Waals surface area contributed by atoms with E-state index in [9.17, 15) is 14.7 Å². The third-order valence-corrected chi connectivity index (χ3v) is 4.81. The molecule has 126 valence electrons. The van der Waals surface area contributed by atoms with E-state index in [0.29, 0.717) is 10.5 Å². The van der Waals surface area contributed by atoms with Gasteiger partial charge in [-0.3, -0.25) is 15.0 Å². The molecule has 2 aromatic carbocycles. The summed E-state index contributed by atoms with van der Waals surface area (Å²) in [7, 11) is 0. The minimum atomic E-state index is -0.479. The van der Waals surface area contributed by atoms with Gasteiger partial charge in [-0.2, -0.15) is 5.01 Å². The fourth-order valence-electron chi connectivity index (χ4n) is 2.16. The summed E-state index contributed by atoms with van der Waals surface area (Å²) in [5, 5.41) is 10.3. The fraction of sp³-hybridized carbons (Fsp3) is 0.0556. The SMILES string of the molecule is Cc1ccc(/C=C2\SC(=S)N(NC(=O)c3ccc(O)cc3)C2=O)cc1. The van der Waals surface area contributed by atoms with Crippen molar-refractivity contribution in [2.45, 2.75) is 6.92 Å². The van der Waals surface area contributed by atoms with E-state index in [1.165, 1.54) is 24.3 Å². The third-order valence-electron chi connectivity index (χ3n) is 3.51. The van der Waals surface area contributed by atoms with E-state index in [-0.39, 0.29) is 16.0 Å². The summed E-state index contributed by atoms with van der Waals surface area (Å²) >= 11 is 6.33. The maximum Gasteiger partial charge on any atom is 0.285 e. The zero-order chi connectivity index (χ0) is 18.0. The van der Waals surface area contributed by atoms with Gasteiger partial charge in [-0.15, -0.1) is 0 Å². The van der Waals surface area contributed by atoms with Gasteiger partial charge in [-0.25, -0.2) is 0 Å². The Kier molecular flexibility index (Phi) is 4.87. The lowest BCUT2D eigenvalue weighted by Gasteiger charge is -2.15. The smallest absolute Gasteiger partial charge is 0.285 e. The molecule has 7 heteroatoms. The number of nitrogens with one attached hydrogen (secondary N) is 1. The molecule has 1 heterocycles. The van der Waals surface area contributed by atoms with Crippen LogP contribution in [0.1, 0.15) is 21.5 Å². The van der Waals surface area contributed by atoms with E-state index in [0.717, 1.165) is 27.9 Å². The number of thiocarbonyl (C=S) groups is 1. The molecule has 2 amide bonds. The van der Waals surface area contributed by atoms with Crippen LogP contribution in [0.15, 0.2) is 53.4 Å². The lowest BCUT2D eigenvalue weighted by Crippen LogP contribution is -2.44. The first-order valence-electron chi connectivity index (χ1n) is 7.39. The minimum Gasteiger partial charge on any atom is -0.508 e. The molecule has 3 rings (SSSR count). The predicted molar refractivity (Wildman–Crippen MR) is 102 cm³/mol. The van der Waals surface area contributed by atoms with E-state index in [1.807, 2.05) is 31.2 Å². The summed E-state index contributed by atoms with van der Waals surface area (Å²) in [4.78, 5) is 25.2. The van der Waals surface area contributed by atoms with Crippen molar-refractivity contribution >= 4 is 46.2 Å². The number of carbonyl (C=O) groups is 2. The van der Waals surface area contributed by atoms with Crippen molar-refractivity contribution in [3.05, 3.63) is 70.1 Å². The molecule has 1 fully saturated rings. The number of benzene rings is 2. The number of rotatable bonds is 3. The van der Waals surface area contributed by atoms with E-state index in [4.69, 9.17) is 12.2 Å². The second-order valence-electron chi connectivity index (χ2n) is 5.42. The van der Waals surface area contributed by atoms with Crippen molar-refractivity contribution in [3.63, 3.8) is 0 Å². The zero-order valence-corrected chi connectivity index (χ0v) is 14.9. The maximum atomic E-state index is 12.5. The van der Waals surface area contributed by atoms with Crippen molar-refractivity contribution in [2.24, 2.45) is 0 Å². The number of thioether (sulfide) groups is 1. The Bertz CT molecular complexity index is 874. The summed E-state index contributed by atoms with van der Waals surface area (Å²) in [5.41, 5.74) is 4.83. The number of aryl methyl sites for hydroxylation is 1. The first-order chi connectivity index (χ1) is 11.9. The number of phenols is 1. The number of hydrogen-bond acceptors (Lipinski definition) is 5. The average molecular weight is 370 g/mol. The number of carbonyl (C=O) groups excluding carboxylic acids is 2. The molecule has 2 N–H and O–H groups in total. The zero-order valence-electron chi connectivity index (χ0n) is 13.2. The largest absolute Gasteiger partial charge is 0.508 e. The Labute approximate surface area is 154 Å². The Morgan fingerprint density at radius 3 is 2.44 bits per heavy atom. The van der Waals surface area contributed by atoms with Crippen LogP contribution in [0.4, 0.5) is 0 Å². The second-order valence-corrected chi connectivity index (χ2v) is 7.09. The Morgan fingerprint density at radius 1 is 1.16 bits per heavy atom. The fourth-order valence-corrected chi connectivity index (χ4v) is 3.34. The van der Waals surface area contributed by atoms with Crippen molar-refractivity contribution in [3.8, 4) is 5.75 Å². The van der Waals surface area contributed by atoms with Gasteiger partial charge in [0.1, 0.15) is 5.75 Å². The quantitative estimate of drug-likeness (QED) is 0.641. The molecule has 1 aliphatic heterocycles. The van der Waals surface area contributed by atoms with Gasteiger partial charge in [-0.05, 0) is 55.0 Å². The maximum absolute atomic E-state index is 12.5. The molecule has 0 spiro atoms. The van der Waals surface area contributed by atoms with Crippen LogP contribution in [-0.2, 0) is 4.79 Å². The van der Waals surface area contributed by atoms with Crippen molar-refractivity contribution < 1.29 is 14.7 Å². The number of amides is 2. The molecule has 1 aliphatic rings. The summed E-state index contributed by atoms with van der Waals surface area (Å²) in [6.07, 6.45) is 1.74. The molecule has 0 aliphatic carbocycles. The van der Waals surface area contributed by atoms with Gasteiger partial charge in [-0.1, -0.05) is 41.6 Å². The molecule has 0 bridgehead atoms. The van der Waals surface area contributed by atoms with Gasteiger partial charge in [0.2, 0.25) is 0 Å². The van der Waals surface area contributed by atoms with Crippen LogP contribution in [0.2, 0.25) is 0 Å². The van der Waals surface area contributed by atoms with Crippen molar-refractivity contribution in [1.29, 1.82) is 0 Å². The van der Waals surface area contributed by atoms with Crippen LogP contribution in [0.5, 0.6) is 5.75 Å². The monoisotopic (exact) mass is 370 g/mol. The first-order valence-corrected chi connectivity index (χ1v) is 8.61. The highest BCUT2D eigenvalue weighted by atomic mass is 32.2. The Balaban J connectivity index is 1.76. The average Bonchev–Trinajstić information content (AvgIpc) is 2.85. The summed E-state index contributed by atoms with van der Waals surface area (Å²) < 4.78 is 0.260. The highest BCUT2D eigenvalue weighted by molar-refractivity contribution is 8.26. The van der Waals surface area contributed by atoms with Gasteiger partial charge in [0.25, 0.3) is 11.8 Å². The topological polar surface area (TPSA) is 69.6 Å². The van der Waals surface area contributed by atoms with Crippen LogP contribution < -0.4 is 5.43 Å². The minimum absolute atomic E-state index is 0.0585. The lowest BCUT2D eigenvalue weighted by molar-refractivity contribution is -0.123. The van der Waals surface area contributed by atoms with E-state index in [1.54, 1.807) is 6.08 Å². The first kappa shape index (κ1) is 17.2. The number of aromatic hydroxyl groups is 1. The van der Waals surface area contributed by atoms with E-state index in [2.05, 4.69) is 5.43 Å². The summed E-state index contributed by atoms with van der Waals surface area (Å²) in [6, 6.07) is 13.5. The van der Waals surface area contributed by atoms with Gasteiger partial charge >= 0.3 is 0 Å². The van der Waals surface area contributed by atoms with Gasteiger partial charge in [0, 0.05) is 5.56 Å². The van der Waals surface area contributed by atoms with Gasteiger partial charge < -0.3 is 5.11 Å². The molecule has 0 atom stereocenters. The number of hydrogen-bond donors (Lipinski definition) is 2. The molecule has 2 aromatic rings. The van der Waals surface area contributed by atoms with E-state index < -0.39 is 5.91 Å². The molecule has 0 aromatic heterocycles. The Morgan fingerprint density at radius 2 is 1.80 bits per heavy atom. The summed E-state index contributed by atoms with van der Waals surface area (Å²) in [5.74, 6) is -0.793. The molecule has 0 unspecified atom stereocenters. The van der Waals surface area contributed by atoms with Crippen molar-refractivity contribution in [2.75, 3.05) is 0 Å². The second kappa shape index (κ2) is 7.08.